The molecule has 0 heterocycles. The lowest BCUT2D eigenvalue weighted by molar-refractivity contribution is -0.116. The highest BCUT2D eigenvalue weighted by atomic mass is 35.5. The zero-order chi connectivity index (χ0) is 12.1. The van der Waals surface area contributed by atoms with Crippen LogP contribution in [0.15, 0.2) is 18.2 Å². The molecule has 1 N–H and O–H groups in total. The van der Waals surface area contributed by atoms with Crippen LogP contribution < -0.4 is 5.32 Å². The van der Waals surface area contributed by atoms with E-state index in [9.17, 15) is 9.18 Å². The van der Waals surface area contributed by atoms with Crippen molar-refractivity contribution in [1.82, 2.24) is 0 Å². The van der Waals surface area contributed by atoms with Gasteiger partial charge in [-0.25, -0.2) is 4.39 Å². The van der Waals surface area contributed by atoms with Crippen LogP contribution in [0.1, 0.15) is 26.7 Å². The first-order chi connectivity index (χ1) is 7.49. The molecule has 16 heavy (non-hydrogen) atoms. The predicted octanol–water partition coefficient (Wildman–Crippen LogP) is 3.85. The molecule has 1 amide bonds. The monoisotopic (exact) mass is 243 g/mol. The molecule has 1 aromatic carbocycles. The van der Waals surface area contributed by atoms with E-state index in [0.29, 0.717) is 18.0 Å². The van der Waals surface area contributed by atoms with Gasteiger partial charge in [0.1, 0.15) is 5.82 Å². The molecule has 0 fully saturated rings. The molecule has 0 aromatic heterocycles. The summed E-state index contributed by atoms with van der Waals surface area (Å²) < 4.78 is 12.7. The Balaban J connectivity index is 2.56. The summed E-state index contributed by atoms with van der Waals surface area (Å²) in [5.74, 6) is -0.0261. The lowest BCUT2D eigenvalue weighted by Crippen LogP contribution is -2.12. The third-order valence-electron chi connectivity index (χ3n) is 2.15. The Labute approximate surface area is 99.8 Å². The van der Waals surface area contributed by atoms with Crippen molar-refractivity contribution in [2.75, 3.05) is 5.32 Å². The maximum absolute atomic E-state index is 12.7. The molecular formula is C12H15ClFNO. The van der Waals surface area contributed by atoms with Gasteiger partial charge < -0.3 is 5.32 Å². The van der Waals surface area contributed by atoms with E-state index < -0.39 is 5.82 Å². The number of anilines is 1. The quantitative estimate of drug-likeness (QED) is 0.855. The van der Waals surface area contributed by atoms with E-state index in [4.69, 9.17) is 11.6 Å². The second-order valence-corrected chi connectivity index (χ2v) is 4.51. The molecule has 0 radical (unpaired) electrons. The molecule has 0 bridgehead atoms. The van der Waals surface area contributed by atoms with E-state index in [1.165, 1.54) is 18.2 Å². The SMILES string of the molecule is CC(C)CCC(=O)Nc1ccc(F)cc1Cl. The third kappa shape index (κ3) is 4.19. The average molecular weight is 244 g/mol. The number of rotatable bonds is 4. The van der Waals surface area contributed by atoms with Crippen molar-refractivity contribution in [3.05, 3.63) is 29.0 Å². The van der Waals surface area contributed by atoms with Crippen LogP contribution in [0.25, 0.3) is 0 Å². The minimum atomic E-state index is -0.412. The van der Waals surface area contributed by atoms with E-state index in [0.717, 1.165) is 6.42 Å². The van der Waals surface area contributed by atoms with Crippen LogP contribution in [-0.4, -0.2) is 5.91 Å². The van der Waals surface area contributed by atoms with Crippen LogP contribution in [-0.2, 0) is 4.79 Å². The Hall–Kier alpha value is -1.09. The number of halogens is 2. The first-order valence-electron chi connectivity index (χ1n) is 5.24. The smallest absolute Gasteiger partial charge is 0.224 e. The van der Waals surface area contributed by atoms with Gasteiger partial charge in [-0.1, -0.05) is 25.4 Å². The highest BCUT2D eigenvalue weighted by molar-refractivity contribution is 6.33. The molecule has 4 heteroatoms. The molecule has 2 nitrogen and oxygen atoms in total. The van der Waals surface area contributed by atoms with Crippen molar-refractivity contribution < 1.29 is 9.18 Å². The van der Waals surface area contributed by atoms with Gasteiger partial charge in [0.05, 0.1) is 10.7 Å². The summed E-state index contributed by atoms with van der Waals surface area (Å²) in [4.78, 5) is 11.5. The number of carbonyl (C=O) groups is 1. The Kier molecular flexibility index (Phi) is 4.74. The summed E-state index contributed by atoms with van der Waals surface area (Å²) in [5, 5.41) is 2.88. The Morgan fingerprint density at radius 1 is 1.50 bits per heavy atom. The van der Waals surface area contributed by atoms with Crippen molar-refractivity contribution in [1.29, 1.82) is 0 Å². The van der Waals surface area contributed by atoms with Crippen molar-refractivity contribution in [3.8, 4) is 0 Å². The Morgan fingerprint density at radius 3 is 2.75 bits per heavy atom. The minimum absolute atomic E-state index is 0.0952. The Morgan fingerprint density at radius 2 is 2.19 bits per heavy atom. The summed E-state index contributed by atoms with van der Waals surface area (Å²) in [5.41, 5.74) is 0.455. The summed E-state index contributed by atoms with van der Waals surface area (Å²) in [6.07, 6.45) is 1.27. The van der Waals surface area contributed by atoms with Crippen molar-refractivity contribution in [2.45, 2.75) is 26.7 Å². The number of carbonyl (C=O) groups excluding carboxylic acids is 1. The van der Waals surface area contributed by atoms with Gasteiger partial charge in [-0.15, -0.1) is 0 Å². The Bertz CT molecular complexity index is 379. The molecule has 88 valence electrons. The van der Waals surface area contributed by atoms with Crippen LogP contribution in [0.3, 0.4) is 0 Å². The number of hydrogen-bond acceptors (Lipinski definition) is 1. The van der Waals surface area contributed by atoms with E-state index in [-0.39, 0.29) is 10.9 Å². The van der Waals surface area contributed by atoms with E-state index in [1.54, 1.807) is 0 Å². The highest BCUT2D eigenvalue weighted by Crippen LogP contribution is 2.22. The fraction of sp³-hybridized carbons (Fsp3) is 0.417. The van der Waals surface area contributed by atoms with Gasteiger partial charge in [0.2, 0.25) is 5.91 Å². The first kappa shape index (κ1) is 13.0. The van der Waals surface area contributed by atoms with Gasteiger partial charge in [-0.3, -0.25) is 4.79 Å². The van der Waals surface area contributed by atoms with E-state index in [2.05, 4.69) is 19.2 Å². The van der Waals surface area contributed by atoms with Gasteiger partial charge in [-0.2, -0.15) is 0 Å². The molecule has 0 saturated carbocycles. The van der Waals surface area contributed by atoms with E-state index >= 15 is 0 Å². The molecule has 1 aromatic rings. The molecule has 0 aliphatic carbocycles. The van der Waals surface area contributed by atoms with Crippen molar-refractivity contribution in [2.24, 2.45) is 5.92 Å². The topological polar surface area (TPSA) is 29.1 Å². The second-order valence-electron chi connectivity index (χ2n) is 4.10. The maximum Gasteiger partial charge on any atom is 0.224 e. The van der Waals surface area contributed by atoms with Gasteiger partial charge in [0.15, 0.2) is 0 Å². The zero-order valence-corrected chi connectivity index (χ0v) is 10.1. The fourth-order valence-electron chi connectivity index (χ4n) is 1.22. The summed E-state index contributed by atoms with van der Waals surface area (Å²) in [6, 6.07) is 3.91. The zero-order valence-electron chi connectivity index (χ0n) is 9.39. The summed E-state index contributed by atoms with van der Waals surface area (Å²) >= 11 is 5.78. The molecule has 0 aliphatic rings. The van der Waals surface area contributed by atoms with Gasteiger partial charge >= 0.3 is 0 Å². The molecule has 0 aliphatic heterocycles. The van der Waals surface area contributed by atoms with Crippen molar-refractivity contribution in [3.63, 3.8) is 0 Å². The number of nitrogens with one attached hydrogen (secondary N) is 1. The molecule has 0 unspecified atom stereocenters. The summed E-state index contributed by atoms with van der Waals surface area (Å²) in [7, 11) is 0. The molecule has 1 rings (SSSR count). The lowest BCUT2D eigenvalue weighted by Gasteiger charge is -2.08. The van der Waals surface area contributed by atoms with Crippen LogP contribution in [0.5, 0.6) is 0 Å². The van der Waals surface area contributed by atoms with Crippen molar-refractivity contribution >= 4 is 23.2 Å². The maximum atomic E-state index is 12.7. The molecule has 0 atom stereocenters. The lowest BCUT2D eigenvalue weighted by atomic mass is 10.1. The second kappa shape index (κ2) is 5.85. The fourth-order valence-corrected chi connectivity index (χ4v) is 1.44. The van der Waals surface area contributed by atoms with Crippen LogP contribution in [0.4, 0.5) is 10.1 Å². The van der Waals surface area contributed by atoms with E-state index in [1.807, 2.05) is 0 Å². The highest BCUT2D eigenvalue weighted by Gasteiger charge is 2.07. The minimum Gasteiger partial charge on any atom is -0.325 e. The first-order valence-corrected chi connectivity index (χ1v) is 5.61. The number of benzene rings is 1. The third-order valence-corrected chi connectivity index (χ3v) is 2.47. The molecule has 0 saturated heterocycles. The van der Waals surface area contributed by atoms with Crippen LogP contribution >= 0.6 is 11.6 Å². The van der Waals surface area contributed by atoms with Crippen LogP contribution in [0.2, 0.25) is 5.02 Å². The van der Waals surface area contributed by atoms with Crippen LogP contribution in [0, 0.1) is 11.7 Å². The largest absolute Gasteiger partial charge is 0.325 e. The standard InChI is InChI=1S/C12H15ClFNO/c1-8(2)3-6-12(16)15-11-5-4-9(14)7-10(11)13/h4-5,7-8H,3,6H2,1-2H3,(H,15,16). The number of hydrogen-bond donors (Lipinski definition) is 1. The van der Waals surface area contributed by atoms with Gasteiger partial charge in [-0.05, 0) is 30.5 Å². The van der Waals surface area contributed by atoms with Gasteiger partial charge in [0, 0.05) is 6.42 Å². The molecule has 0 spiro atoms. The number of amides is 1. The summed E-state index contributed by atoms with van der Waals surface area (Å²) in [6.45, 7) is 4.11. The average Bonchev–Trinajstić information content (AvgIpc) is 2.19. The normalized spacial score (nSPS) is 10.6. The van der Waals surface area contributed by atoms with Gasteiger partial charge in [0.25, 0.3) is 0 Å². The molecular weight excluding hydrogens is 229 g/mol. The predicted molar refractivity (Wildman–Crippen MR) is 64.1 cm³/mol.